The Bertz CT molecular complexity index is 509. The second kappa shape index (κ2) is 6.16. The third-order valence-corrected chi connectivity index (χ3v) is 4.61. The van der Waals surface area contributed by atoms with E-state index >= 15 is 0 Å². The van der Waals surface area contributed by atoms with E-state index in [-0.39, 0.29) is 5.91 Å². The van der Waals surface area contributed by atoms with Gasteiger partial charge >= 0.3 is 0 Å². The van der Waals surface area contributed by atoms with Crippen molar-refractivity contribution in [2.24, 2.45) is 0 Å². The molecule has 1 amide bonds. The number of carbonyl (C=O) groups is 1. The van der Waals surface area contributed by atoms with Crippen LogP contribution in [0.15, 0.2) is 24.3 Å². The van der Waals surface area contributed by atoms with Gasteiger partial charge in [0.1, 0.15) is 0 Å². The van der Waals surface area contributed by atoms with Crippen LogP contribution in [0, 0.1) is 0 Å². The predicted octanol–water partition coefficient (Wildman–Crippen LogP) is 2.11. The molecule has 0 bridgehead atoms. The van der Waals surface area contributed by atoms with Gasteiger partial charge in [0.25, 0.3) is 5.91 Å². The second-order valence-corrected chi connectivity index (χ2v) is 6.20. The van der Waals surface area contributed by atoms with Gasteiger partial charge < -0.3 is 15.2 Å². The molecule has 4 heteroatoms. The minimum atomic E-state index is -0.734. The third kappa shape index (κ3) is 3.27. The van der Waals surface area contributed by atoms with E-state index in [0.717, 1.165) is 37.7 Å². The molecular weight excluding hydrogens is 266 g/mol. The standard InChI is InChI=1S/C17H23NO3/c19-16(18-12-17(20)9-4-1-5-10-17)15-14-7-3-2-6-13(14)8-11-21-15/h2-3,6-7,15,20H,1,4-5,8-12H2,(H,18,19). The minimum Gasteiger partial charge on any atom is -0.388 e. The number of rotatable bonds is 3. The number of fused-ring (bicyclic) bond motifs is 1. The molecule has 0 saturated heterocycles. The zero-order valence-corrected chi connectivity index (χ0v) is 12.3. The van der Waals surface area contributed by atoms with Gasteiger partial charge in [-0.2, -0.15) is 0 Å². The van der Waals surface area contributed by atoms with Crippen molar-refractivity contribution in [2.45, 2.75) is 50.2 Å². The smallest absolute Gasteiger partial charge is 0.253 e. The molecule has 1 atom stereocenters. The average molecular weight is 289 g/mol. The van der Waals surface area contributed by atoms with E-state index in [9.17, 15) is 9.90 Å². The van der Waals surface area contributed by atoms with Crippen LogP contribution in [0.1, 0.15) is 49.3 Å². The Morgan fingerprint density at radius 2 is 2.05 bits per heavy atom. The Hall–Kier alpha value is -1.39. The van der Waals surface area contributed by atoms with Crippen molar-refractivity contribution >= 4 is 5.91 Å². The van der Waals surface area contributed by atoms with Gasteiger partial charge in [-0.15, -0.1) is 0 Å². The van der Waals surface area contributed by atoms with E-state index in [4.69, 9.17) is 4.74 Å². The summed E-state index contributed by atoms with van der Waals surface area (Å²) in [4.78, 5) is 12.4. The summed E-state index contributed by atoms with van der Waals surface area (Å²) in [7, 11) is 0. The molecule has 1 unspecified atom stereocenters. The Labute approximate surface area is 125 Å². The molecule has 0 spiro atoms. The van der Waals surface area contributed by atoms with Crippen molar-refractivity contribution in [1.29, 1.82) is 0 Å². The van der Waals surface area contributed by atoms with Crippen LogP contribution in [-0.2, 0) is 16.0 Å². The molecule has 1 aliphatic heterocycles. The average Bonchev–Trinajstić information content (AvgIpc) is 2.53. The monoisotopic (exact) mass is 289 g/mol. The van der Waals surface area contributed by atoms with E-state index in [0.29, 0.717) is 13.2 Å². The highest BCUT2D eigenvalue weighted by atomic mass is 16.5. The molecule has 114 valence electrons. The summed E-state index contributed by atoms with van der Waals surface area (Å²) in [6.45, 7) is 0.896. The van der Waals surface area contributed by atoms with Crippen molar-refractivity contribution in [2.75, 3.05) is 13.2 Å². The molecule has 4 nitrogen and oxygen atoms in total. The van der Waals surface area contributed by atoms with Gasteiger partial charge in [-0.05, 0) is 30.4 Å². The summed E-state index contributed by atoms with van der Waals surface area (Å²) in [5.74, 6) is -0.138. The molecule has 3 rings (SSSR count). The third-order valence-electron chi connectivity index (χ3n) is 4.61. The summed E-state index contributed by atoms with van der Waals surface area (Å²) >= 11 is 0. The van der Waals surface area contributed by atoms with Crippen molar-refractivity contribution in [3.63, 3.8) is 0 Å². The number of benzene rings is 1. The van der Waals surface area contributed by atoms with Gasteiger partial charge in [-0.25, -0.2) is 0 Å². The number of amides is 1. The van der Waals surface area contributed by atoms with Crippen LogP contribution in [0.3, 0.4) is 0 Å². The SMILES string of the molecule is O=C(NCC1(O)CCCCC1)C1OCCc2ccccc21. The number of hydrogen-bond acceptors (Lipinski definition) is 3. The first-order valence-corrected chi connectivity index (χ1v) is 7.87. The molecule has 1 aromatic carbocycles. The predicted molar refractivity (Wildman–Crippen MR) is 79.9 cm³/mol. The van der Waals surface area contributed by atoms with Gasteiger partial charge in [0.2, 0.25) is 0 Å². The lowest BCUT2D eigenvalue weighted by molar-refractivity contribution is -0.135. The summed E-state index contributed by atoms with van der Waals surface area (Å²) in [5.41, 5.74) is 1.40. The quantitative estimate of drug-likeness (QED) is 0.896. The van der Waals surface area contributed by atoms with Gasteiger partial charge in [0.05, 0.1) is 12.2 Å². The highest BCUT2D eigenvalue weighted by Crippen LogP contribution is 2.29. The topological polar surface area (TPSA) is 58.6 Å². The summed E-state index contributed by atoms with van der Waals surface area (Å²) in [5, 5.41) is 13.3. The Kier molecular flexibility index (Phi) is 4.27. The lowest BCUT2D eigenvalue weighted by Crippen LogP contribution is -2.46. The van der Waals surface area contributed by atoms with E-state index in [1.165, 1.54) is 12.0 Å². The van der Waals surface area contributed by atoms with Crippen LogP contribution < -0.4 is 5.32 Å². The zero-order chi connectivity index (χ0) is 14.7. The summed E-state index contributed by atoms with van der Waals surface area (Å²) in [6.07, 6.45) is 5.11. The first-order valence-electron chi connectivity index (χ1n) is 7.87. The van der Waals surface area contributed by atoms with Gasteiger partial charge in [0.15, 0.2) is 6.10 Å². The van der Waals surface area contributed by atoms with Crippen molar-refractivity contribution in [1.82, 2.24) is 5.32 Å². The Morgan fingerprint density at radius 1 is 1.29 bits per heavy atom. The van der Waals surface area contributed by atoms with Crippen LogP contribution in [0.5, 0.6) is 0 Å². The van der Waals surface area contributed by atoms with Crippen LogP contribution in [0.4, 0.5) is 0 Å². The highest BCUT2D eigenvalue weighted by molar-refractivity contribution is 5.83. The second-order valence-electron chi connectivity index (χ2n) is 6.20. The number of hydrogen-bond donors (Lipinski definition) is 2. The van der Waals surface area contributed by atoms with Crippen molar-refractivity contribution in [3.8, 4) is 0 Å². The summed E-state index contributed by atoms with van der Waals surface area (Å²) < 4.78 is 5.65. The number of carbonyl (C=O) groups excluding carboxylic acids is 1. The van der Waals surface area contributed by atoms with E-state index in [1.54, 1.807) is 0 Å². The molecule has 2 aliphatic rings. The fourth-order valence-electron chi connectivity index (χ4n) is 3.34. The molecular formula is C17H23NO3. The van der Waals surface area contributed by atoms with Crippen LogP contribution in [0.25, 0.3) is 0 Å². The number of nitrogens with one attached hydrogen (secondary N) is 1. The molecule has 1 fully saturated rings. The maximum Gasteiger partial charge on any atom is 0.253 e. The zero-order valence-electron chi connectivity index (χ0n) is 12.3. The molecule has 0 radical (unpaired) electrons. The van der Waals surface area contributed by atoms with E-state index < -0.39 is 11.7 Å². The van der Waals surface area contributed by atoms with Gasteiger partial charge in [-0.3, -0.25) is 4.79 Å². The molecule has 21 heavy (non-hydrogen) atoms. The van der Waals surface area contributed by atoms with Crippen molar-refractivity contribution in [3.05, 3.63) is 35.4 Å². The largest absolute Gasteiger partial charge is 0.388 e. The molecule has 1 heterocycles. The number of aliphatic hydroxyl groups is 1. The van der Waals surface area contributed by atoms with Crippen LogP contribution in [0.2, 0.25) is 0 Å². The molecule has 1 saturated carbocycles. The molecule has 1 aromatic rings. The minimum absolute atomic E-state index is 0.138. The van der Waals surface area contributed by atoms with E-state index in [2.05, 4.69) is 5.32 Å². The Morgan fingerprint density at radius 3 is 2.86 bits per heavy atom. The fraction of sp³-hybridized carbons (Fsp3) is 0.588. The first-order chi connectivity index (χ1) is 10.2. The molecule has 1 aliphatic carbocycles. The van der Waals surface area contributed by atoms with E-state index in [1.807, 2.05) is 24.3 Å². The van der Waals surface area contributed by atoms with Gasteiger partial charge in [-0.1, -0.05) is 43.5 Å². The molecule has 0 aromatic heterocycles. The van der Waals surface area contributed by atoms with Crippen LogP contribution in [-0.4, -0.2) is 29.8 Å². The molecule has 2 N–H and O–H groups in total. The number of ether oxygens (including phenoxy) is 1. The van der Waals surface area contributed by atoms with Gasteiger partial charge in [0, 0.05) is 6.54 Å². The van der Waals surface area contributed by atoms with Crippen molar-refractivity contribution < 1.29 is 14.6 Å². The maximum atomic E-state index is 12.4. The summed E-state index contributed by atoms with van der Waals surface area (Å²) in [6, 6.07) is 7.92. The maximum absolute atomic E-state index is 12.4. The highest BCUT2D eigenvalue weighted by Gasteiger charge is 2.32. The normalized spacial score (nSPS) is 24.1. The van der Waals surface area contributed by atoms with Crippen LogP contribution >= 0.6 is 0 Å². The lowest BCUT2D eigenvalue weighted by atomic mass is 9.85. The first kappa shape index (κ1) is 14.5. The lowest BCUT2D eigenvalue weighted by Gasteiger charge is -2.33. The Balaban J connectivity index is 1.64. The fourth-order valence-corrected chi connectivity index (χ4v) is 3.34.